The van der Waals surface area contributed by atoms with Gasteiger partial charge in [-0.2, -0.15) is 8.75 Å². The molecule has 0 amide bonds. The standard InChI is InChI=1S/C108H71N7S/c1-4-18-72(19-5-1)75-42-56-88(57-43-75)112(89-58-44-79(45-59-89)78-40-54-87(55-41-78)111(85-20-6-2-7-21-85)86-22-8-3-9-23-86)106-69-66-93(107-108(106)110-116-109-107)82-50-64-92(65-51-82)115-104-67-52-83(80-36-32-73(33-37-80)76-46-60-90(61-47-76)113-100-28-14-10-24-94(100)95-25-11-15-29-101(95)113)70-98(104)99-71-84(53-68-105(99)115)81-38-34-74(35-39-81)77-48-62-91(63-49-77)114-102-30-16-12-26-96(102)97-27-13-17-31-103(97)114/h1-71H. The van der Waals surface area contributed by atoms with Crippen LogP contribution in [0, 0.1) is 0 Å². The van der Waals surface area contributed by atoms with Crippen LogP contribution < -0.4 is 9.80 Å². The highest BCUT2D eigenvalue weighted by molar-refractivity contribution is 7.00. The molecule has 0 aliphatic rings. The number of hydrogen-bond acceptors (Lipinski definition) is 5. The van der Waals surface area contributed by atoms with E-state index in [1.807, 2.05) is 0 Å². The molecule has 0 spiro atoms. The largest absolute Gasteiger partial charge is 0.311 e. The molecule has 4 heterocycles. The Labute approximate surface area is 675 Å². The van der Waals surface area contributed by atoms with Crippen LogP contribution in [0.3, 0.4) is 0 Å². The van der Waals surface area contributed by atoms with Gasteiger partial charge in [-0.15, -0.1) is 0 Å². The topological polar surface area (TPSA) is 47.0 Å². The van der Waals surface area contributed by atoms with E-state index in [4.69, 9.17) is 8.75 Å². The van der Waals surface area contributed by atoms with Crippen LogP contribution in [0.25, 0.3) is 171 Å². The first-order chi connectivity index (χ1) is 57.5. The number of para-hydroxylation sites is 6. The van der Waals surface area contributed by atoms with Crippen LogP contribution >= 0.6 is 11.7 Å². The van der Waals surface area contributed by atoms with Crippen molar-refractivity contribution in [3.63, 3.8) is 0 Å². The van der Waals surface area contributed by atoms with Crippen LogP contribution in [0.15, 0.2) is 431 Å². The second-order valence-corrected chi connectivity index (χ2v) is 30.3. The van der Waals surface area contributed by atoms with E-state index >= 15 is 0 Å². The van der Waals surface area contributed by atoms with Crippen molar-refractivity contribution in [2.24, 2.45) is 0 Å². The van der Waals surface area contributed by atoms with Crippen molar-refractivity contribution in [2.75, 3.05) is 9.80 Å². The van der Waals surface area contributed by atoms with E-state index in [1.54, 1.807) is 0 Å². The molecule has 0 saturated carbocycles. The summed E-state index contributed by atoms with van der Waals surface area (Å²) in [6, 6.07) is 157. The van der Waals surface area contributed by atoms with E-state index in [-0.39, 0.29) is 0 Å². The normalized spacial score (nSPS) is 11.6. The summed E-state index contributed by atoms with van der Waals surface area (Å²) >= 11 is 1.25. The zero-order valence-corrected chi connectivity index (χ0v) is 63.8. The van der Waals surface area contributed by atoms with Gasteiger partial charge in [0.25, 0.3) is 0 Å². The smallest absolute Gasteiger partial charge is 0.129 e. The Kier molecular flexibility index (Phi) is 16.6. The Morgan fingerprint density at radius 3 is 0.810 bits per heavy atom. The molecule has 22 aromatic rings. The van der Waals surface area contributed by atoms with Crippen LogP contribution in [-0.2, 0) is 0 Å². The quantitative estimate of drug-likeness (QED) is 0.0967. The second-order valence-electron chi connectivity index (χ2n) is 29.8. The van der Waals surface area contributed by atoms with Crippen molar-refractivity contribution in [1.29, 1.82) is 0 Å². The van der Waals surface area contributed by atoms with E-state index < -0.39 is 0 Å². The molecule has 22 rings (SSSR count). The Hall–Kier alpha value is -15.2. The maximum atomic E-state index is 5.13. The lowest BCUT2D eigenvalue weighted by Crippen LogP contribution is -2.10. The lowest BCUT2D eigenvalue weighted by atomic mass is 9.97. The van der Waals surface area contributed by atoms with E-state index in [9.17, 15) is 0 Å². The number of hydrogen-bond donors (Lipinski definition) is 0. The van der Waals surface area contributed by atoms with Crippen molar-refractivity contribution in [3.8, 4) is 95.0 Å². The fraction of sp³-hybridized carbons (Fsp3) is 0. The van der Waals surface area contributed by atoms with Gasteiger partial charge in [-0.25, -0.2) is 0 Å². The van der Waals surface area contributed by atoms with Crippen molar-refractivity contribution in [3.05, 3.63) is 431 Å². The summed E-state index contributed by atoms with van der Waals surface area (Å²) in [4.78, 5) is 4.61. The number of rotatable bonds is 16. The van der Waals surface area contributed by atoms with Crippen LogP contribution in [-0.4, -0.2) is 22.4 Å². The third-order valence-electron chi connectivity index (χ3n) is 23.2. The van der Waals surface area contributed by atoms with Gasteiger partial charge >= 0.3 is 0 Å². The molecular formula is C108H71N7S. The first kappa shape index (κ1) is 67.7. The zero-order chi connectivity index (χ0) is 76.6. The summed E-state index contributed by atoms with van der Waals surface area (Å²) in [5, 5.41) is 7.39. The molecule has 0 aliphatic heterocycles. The Bertz CT molecular complexity index is 7020. The highest BCUT2D eigenvalue weighted by Gasteiger charge is 2.24. The number of aromatic nitrogens is 5. The van der Waals surface area contributed by atoms with Gasteiger partial charge in [0.2, 0.25) is 0 Å². The van der Waals surface area contributed by atoms with Gasteiger partial charge in [0.15, 0.2) is 0 Å². The number of fused-ring (bicyclic) bond motifs is 10. The summed E-state index contributed by atoms with van der Waals surface area (Å²) in [6.07, 6.45) is 0. The average molecular weight is 1500 g/mol. The minimum atomic E-state index is 0.832. The average Bonchev–Trinajstić information content (AvgIpc) is 1.58. The van der Waals surface area contributed by atoms with Crippen LogP contribution in [0.2, 0.25) is 0 Å². The Morgan fingerprint density at radius 2 is 0.440 bits per heavy atom. The number of benzene rings is 18. The Balaban J connectivity index is 0.595. The molecule has 0 fully saturated rings. The summed E-state index contributed by atoms with van der Waals surface area (Å²) < 4.78 is 17.4. The van der Waals surface area contributed by atoms with Crippen LogP contribution in [0.4, 0.5) is 34.1 Å². The van der Waals surface area contributed by atoms with Gasteiger partial charge < -0.3 is 23.5 Å². The van der Waals surface area contributed by atoms with E-state index in [0.717, 1.165) is 123 Å². The molecule has 18 aromatic carbocycles. The lowest BCUT2D eigenvalue weighted by Gasteiger charge is -2.26. The van der Waals surface area contributed by atoms with Crippen LogP contribution in [0.5, 0.6) is 0 Å². The fourth-order valence-corrected chi connectivity index (χ4v) is 18.1. The summed E-state index contributed by atoms with van der Waals surface area (Å²) in [5.74, 6) is 0. The summed E-state index contributed by atoms with van der Waals surface area (Å²) in [7, 11) is 0. The van der Waals surface area contributed by atoms with Gasteiger partial charge in [0, 0.05) is 83.4 Å². The highest BCUT2D eigenvalue weighted by atomic mass is 32.1. The molecular weight excluding hydrogens is 1430 g/mol. The minimum Gasteiger partial charge on any atom is -0.311 e. The van der Waals surface area contributed by atoms with Gasteiger partial charge in [0.05, 0.1) is 50.5 Å². The molecule has 0 aliphatic carbocycles. The molecule has 0 atom stereocenters. The number of nitrogens with zero attached hydrogens (tertiary/aromatic N) is 7. The van der Waals surface area contributed by atoms with Crippen molar-refractivity contribution < 1.29 is 0 Å². The highest BCUT2D eigenvalue weighted by Crippen LogP contribution is 2.46. The minimum absolute atomic E-state index is 0.832. The SMILES string of the molecule is c1ccc(-c2ccc(N(c3ccc(-c4ccc(N(c5ccccc5)c5ccccc5)cc4)cc3)c3ccc(-c4ccc(-n5c6ccc(-c7ccc(-c8ccc(-n9c%10ccccc%10c%10ccccc%109)cc8)cc7)cc6c6cc(-c7ccc(-c8ccc(-n9c%10ccccc%10c%10ccccc%109)cc8)cc7)ccc65)cc4)c4nsnc34)cc2)cc1. The molecule has 0 bridgehead atoms. The van der Waals surface area contributed by atoms with E-state index in [1.165, 1.54) is 93.9 Å². The molecule has 4 aromatic heterocycles. The number of anilines is 6. The van der Waals surface area contributed by atoms with E-state index in [2.05, 4.69) is 454 Å². The molecule has 7 nitrogen and oxygen atoms in total. The summed E-state index contributed by atoms with van der Waals surface area (Å²) in [6.45, 7) is 0. The van der Waals surface area contributed by atoms with E-state index in [0.29, 0.717) is 0 Å². The molecule has 0 unspecified atom stereocenters. The molecule has 544 valence electrons. The van der Waals surface area contributed by atoms with Crippen molar-refractivity contribution in [1.82, 2.24) is 22.4 Å². The lowest BCUT2D eigenvalue weighted by molar-refractivity contribution is 1.18. The monoisotopic (exact) mass is 1500 g/mol. The summed E-state index contributed by atoms with van der Waals surface area (Å²) in [5.41, 5.74) is 34.3. The molecule has 0 N–H and O–H groups in total. The molecule has 0 radical (unpaired) electrons. The Morgan fingerprint density at radius 1 is 0.181 bits per heavy atom. The second kappa shape index (κ2) is 28.5. The van der Waals surface area contributed by atoms with Gasteiger partial charge in [-0.1, -0.05) is 273 Å². The fourth-order valence-electron chi connectivity index (χ4n) is 17.5. The molecule has 0 saturated heterocycles. The third kappa shape index (κ3) is 11.9. The van der Waals surface area contributed by atoms with Crippen molar-refractivity contribution >= 4 is 122 Å². The maximum Gasteiger partial charge on any atom is 0.129 e. The zero-order valence-electron chi connectivity index (χ0n) is 63.0. The third-order valence-corrected chi connectivity index (χ3v) is 23.7. The predicted octanol–water partition coefficient (Wildman–Crippen LogP) is 29.6. The van der Waals surface area contributed by atoms with Gasteiger partial charge in [0.1, 0.15) is 11.0 Å². The van der Waals surface area contributed by atoms with Gasteiger partial charge in [-0.3, -0.25) is 0 Å². The maximum absolute atomic E-state index is 5.13. The van der Waals surface area contributed by atoms with Gasteiger partial charge in [-0.05, 0) is 230 Å². The predicted molar refractivity (Wildman–Crippen MR) is 488 cm³/mol. The van der Waals surface area contributed by atoms with Crippen LogP contribution in [0.1, 0.15) is 0 Å². The molecule has 116 heavy (non-hydrogen) atoms. The first-order valence-electron chi connectivity index (χ1n) is 39.4. The van der Waals surface area contributed by atoms with Crippen molar-refractivity contribution in [2.45, 2.75) is 0 Å². The molecule has 8 heteroatoms. The first-order valence-corrected chi connectivity index (χ1v) is 40.1.